The SMILES string of the molecule is COc1cc(C(C)NC(=O)COc2ccc(C)cc2C)cc(OC)c1OC. The molecule has 2 aromatic carbocycles. The van der Waals surface area contributed by atoms with Gasteiger partial charge in [0.05, 0.1) is 27.4 Å². The van der Waals surface area contributed by atoms with E-state index in [9.17, 15) is 4.79 Å². The normalized spacial score (nSPS) is 11.5. The molecular weight excluding hydrogens is 346 g/mol. The van der Waals surface area contributed by atoms with E-state index in [-0.39, 0.29) is 18.6 Å². The molecule has 1 amide bonds. The van der Waals surface area contributed by atoms with Gasteiger partial charge in [0, 0.05) is 0 Å². The number of hydrogen-bond donors (Lipinski definition) is 1. The number of methoxy groups -OCH3 is 3. The number of nitrogens with one attached hydrogen (secondary N) is 1. The molecule has 146 valence electrons. The highest BCUT2D eigenvalue weighted by Crippen LogP contribution is 2.39. The summed E-state index contributed by atoms with van der Waals surface area (Å²) in [6, 6.07) is 9.23. The highest BCUT2D eigenvalue weighted by atomic mass is 16.5. The van der Waals surface area contributed by atoms with Crippen molar-refractivity contribution >= 4 is 5.91 Å². The summed E-state index contributed by atoms with van der Waals surface area (Å²) in [6.45, 7) is 5.80. The van der Waals surface area contributed by atoms with Gasteiger partial charge in [-0.1, -0.05) is 17.7 Å². The molecule has 0 aromatic heterocycles. The Kier molecular flexibility index (Phi) is 6.93. The second-order valence-corrected chi connectivity index (χ2v) is 6.31. The molecule has 1 unspecified atom stereocenters. The van der Waals surface area contributed by atoms with Crippen LogP contribution in [0, 0.1) is 13.8 Å². The van der Waals surface area contributed by atoms with Gasteiger partial charge < -0.3 is 24.3 Å². The smallest absolute Gasteiger partial charge is 0.258 e. The van der Waals surface area contributed by atoms with Crippen LogP contribution in [0.25, 0.3) is 0 Å². The van der Waals surface area contributed by atoms with Crippen molar-refractivity contribution in [3.05, 3.63) is 47.0 Å². The minimum Gasteiger partial charge on any atom is -0.493 e. The summed E-state index contributed by atoms with van der Waals surface area (Å²) >= 11 is 0. The Morgan fingerprint density at radius 1 is 0.963 bits per heavy atom. The molecule has 0 saturated carbocycles. The number of hydrogen-bond acceptors (Lipinski definition) is 5. The number of amides is 1. The van der Waals surface area contributed by atoms with Gasteiger partial charge in [-0.05, 0) is 50.1 Å². The van der Waals surface area contributed by atoms with Crippen LogP contribution in [0.5, 0.6) is 23.0 Å². The average molecular weight is 373 g/mol. The lowest BCUT2D eigenvalue weighted by Gasteiger charge is -2.19. The number of aryl methyl sites for hydroxylation is 2. The van der Waals surface area contributed by atoms with E-state index in [0.717, 1.165) is 16.7 Å². The Hall–Kier alpha value is -2.89. The van der Waals surface area contributed by atoms with Crippen molar-refractivity contribution in [2.24, 2.45) is 0 Å². The van der Waals surface area contributed by atoms with Crippen LogP contribution in [-0.4, -0.2) is 33.8 Å². The molecule has 0 aliphatic carbocycles. The number of carbonyl (C=O) groups is 1. The quantitative estimate of drug-likeness (QED) is 0.766. The molecule has 0 radical (unpaired) electrons. The Morgan fingerprint density at radius 3 is 2.11 bits per heavy atom. The Bertz CT molecular complexity index is 778. The summed E-state index contributed by atoms with van der Waals surface area (Å²) in [5, 5.41) is 2.92. The third-order valence-corrected chi connectivity index (χ3v) is 4.25. The summed E-state index contributed by atoms with van der Waals surface area (Å²) in [6.07, 6.45) is 0. The maximum atomic E-state index is 12.3. The summed E-state index contributed by atoms with van der Waals surface area (Å²) in [5.41, 5.74) is 2.99. The molecule has 0 bridgehead atoms. The van der Waals surface area contributed by atoms with Crippen LogP contribution in [0.4, 0.5) is 0 Å². The lowest BCUT2D eigenvalue weighted by Crippen LogP contribution is -2.31. The first kappa shape index (κ1) is 20.4. The molecular formula is C21H27NO5. The first-order valence-corrected chi connectivity index (χ1v) is 8.69. The van der Waals surface area contributed by atoms with Crippen LogP contribution in [0.1, 0.15) is 29.7 Å². The minimum atomic E-state index is -0.256. The molecule has 0 aliphatic heterocycles. The molecule has 0 spiro atoms. The van der Waals surface area contributed by atoms with Crippen LogP contribution in [0.3, 0.4) is 0 Å². The summed E-state index contributed by atoms with van der Waals surface area (Å²) < 4.78 is 21.7. The number of benzene rings is 2. The van der Waals surface area contributed by atoms with Crippen molar-refractivity contribution in [1.82, 2.24) is 5.32 Å². The second kappa shape index (κ2) is 9.16. The maximum Gasteiger partial charge on any atom is 0.258 e. The van der Waals surface area contributed by atoms with Gasteiger partial charge in [0.25, 0.3) is 5.91 Å². The molecule has 0 saturated heterocycles. The van der Waals surface area contributed by atoms with E-state index in [2.05, 4.69) is 5.32 Å². The van der Waals surface area contributed by atoms with Gasteiger partial charge in [-0.25, -0.2) is 0 Å². The third kappa shape index (κ3) is 5.06. The van der Waals surface area contributed by atoms with Crippen molar-refractivity contribution in [1.29, 1.82) is 0 Å². The maximum absolute atomic E-state index is 12.3. The zero-order chi connectivity index (χ0) is 20.0. The lowest BCUT2D eigenvalue weighted by molar-refractivity contribution is -0.123. The molecule has 6 nitrogen and oxygen atoms in total. The molecule has 1 atom stereocenters. The fourth-order valence-electron chi connectivity index (χ4n) is 2.82. The Labute approximate surface area is 160 Å². The lowest BCUT2D eigenvalue weighted by atomic mass is 10.1. The Morgan fingerprint density at radius 2 is 1.59 bits per heavy atom. The standard InChI is InChI=1S/C21H27NO5/c1-13-7-8-17(14(2)9-13)27-12-20(23)22-15(3)16-10-18(24-4)21(26-6)19(11-16)25-5/h7-11,15H,12H2,1-6H3,(H,22,23). The Balaban J connectivity index is 2.05. The van der Waals surface area contributed by atoms with Gasteiger partial charge in [-0.2, -0.15) is 0 Å². The average Bonchev–Trinajstić information content (AvgIpc) is 2.65. The largest absolute Gasteiger partial charge is 0.493 e. The van der Waals surface area contributed by atoms with Gasteiger partial charge in [0.1, 0.15) is 5.75 Å². The summed E-state index contributed by atoms with van der Waals surface area (Å²) in [5.74, 6) is 2.09. The van der Waals surface area contributed by atoms with Gasteiger partial charge in [0.2, 0.25) is 5.75 Å². The highest BCUT2D eigenvalue weighted by molar-refractivity contribution is 5.78. The van der Waals surface area contributed by atoms with Crippen molar-refractivity contribution in [3.63, 3.8) is 0 Å². The van der Waals surface area contributed by atoms with Gasteiger partial charge in [-0.15, -0.1) is 0 Å². The first-order valence-electron chi connectivity index (χ1n) is 8.69. The van der Waals surface area contributed by atoms with E-state index in [0.29, 0.717) is 23.0 Å². The van der Waals surface area contributed by atoms with E-state index in [1.807, 2.05) is 51.1 Å². The van der Waals surface area contributed by atoms with E-state index < -0.39 is 0 Å². The molecule has 0 heterocycles. The number of carbonyl (C=O) groups excluding carboxylic acids is 1. The van der Waals surface area contributed by atoms with Crippen molar-refractivity contribution < 1.29 is 23.7 Å². The van der Waals surface area contributed by atoms with E-state index in [1.165, 1.54) is 0 Å². The zero-order valence-electron chi connectivity index (χ0n) is 16.7. The van der Waals surface area contributed by atoms with Crippen LogP contribution >= 0.6 is 0 Å². The van der Waals surface area contributed by atoms with Crippen LogP contribution in [-0.2, 0) is 4.79 Å². The molecule has 6 heteroatoms. The molecule has 27 heavy (non-hydrogen) atoms. The van der Waals surface area contributed by atoms with Gasteiger partial charge in [-0.3, -0.25) is 4.79 Å². The van der Waals surface area contributed by atoms with E-state index in [1.54, 1.807) is 21.3 Å². The fraction of sp³-hybridized carbons (Fsp3) is 0.381. The topological polar surface area (TPSA) is 66.0 Å². The molecule has 0 fully saturated rings. The zero-order valence-corrected chi connectivity index (χ0v) is 16.7. The highest BCUT2D eigenvalue weighted by Gasteiger charge is 2.18. The predicted octanol–water partition coefficient (Wildman–Crippen LogP) is 3.59. The number of ether oxygens (including phenoxy) is 4. The number of rotatable bonds is 8. The molecule has 2 aromatic rings. The van der Waals surface area contributed by atoms with Crippen LogP contribution in [0.15, 0.2) is 30.3 Å². The third-order valence-electron chi connectivity index (χ3n) is 4.25. The molecule has 1 N–H and O–H groups in total. The predicted molar refractivity (Wildman–Crippen MR) is 104 cm³/mol. The monoisotopic (exact) mass is 373 g/mol. The fourth-order valence-corrected chi connectivity index (χ4v) is 2.82. The summed E-state index contributed by atoms with van der Waals surface area (Å²) in [4.78, 5) is 12.3. The summed E-state index contributed by atoms with van der Waals surface area (Å²) in [7, 11) is 4.67. The first-order chi connectivity index (χ1) is 12.9. The molecule has 0 aliphatic rings. The van der Waals surface area contributed by atoms with Gasteiger partial charge in [0.15, 0.2) is 18.1 Å². The molecule has 2 rings (SSSR count). The second-order valence-electron chi connectivity index (χ2n) is 6.31. The van der Waals surface area contributed by atoms with Crippen molar-refractivity contribution in [2.45, 2.75) is 26.8 Å². The minimum absolute atomic E-state index is 0.0569. The van der Waals surface area contributed by atoms with Crippen LogP contribution < -0.4 is 24.3 Å². The van der Waals surface area contributed by atoms with Crippen molar-refractivity contribution in [2.75, 3.05) is 27.9 Å². The van der Waals surface area contributed by atoms with E-state index in [4.69, 9.17) is 18.9 Å². The van der Waals surface area contributed by atoms with E-state index >= 15 is 0 Å². The van der Waals surface area contributed by atoms with Crippen molar-refractivity contribution in [3.8, 4) is 23.0 Å². The van der Waals surface area contributed by atoms with Gasteiger partial charge >= 0.3 is 0 Å². The van der Waals surface area contributed by atoms with Crippen LogP contribution in [0.2, 0.25) is 0 Å².